The van der Waals surface area contributed by atoms with Crippen molar-refractivity contribution in [3.8, 4) is 0 Å². The van der Waals surface area contributed by atoms with Crippen LogP contribution in [0.5, 0.6) is 0 Å². The highest BCUT2D eigenvalue weighted by atomic mass is 16.7. The first-order valence-corrected chi connectivity index (χ1v) is 12.8. The summed E-state index contributed by atoms with van der Waals surface area (Å²) in [5.74, 6) is -0.857. The Morgan fingerprint density at radius 2 is 1.67 bits per heavy atom. The number of rotatable bonds is 9. The third-order valence-electron chi connectivity index (χ3n) is 7.50. The van der Waals surface area contributed by atoms with Crippen molar-refractivity contribution in [2.24, 2.45) is 17.2 Å². The van der Waals surface area contributed by atoms with Gasteiger partial charge in [0.25, 0.3) is 0 Å². The van der Waals surface area contributed by atoms with Gasteiger partial charge in [0.1, 0.15) is 60.5 Å². The minimum absolute atomic E-state index is 0.0836. The first-order chi connectivity index (χ1) is 18.3. The van der Waals surface area contributed by atoms with E-state index < -0.39 is 97.1 Å². The van der Waals surface area contributed by atoms with Crippen molar-refractivity contribution < 1.29 is 59.5 Å². The Labute approximate surface area is 225 Å². The van der Waals surface area contributed by atoms with Crippen molar-refractivity contribution in [2.45, 2.75) is 105 Å². The molecule has 0 aromatic carbocycles. The molecule has 3 aliphatic rings. The third kappa shape index (κ3) is 6.85. The van der Waals surface area contributed by atoms with Crippen LogP contribution in [-0.2, 0) is 23.7 Å². The zero-order valence-electron chi connectivity index (χ0n) is 21.8. The molecule has 0 spiro atoms. The van der Waals surface area contributed by atoms with E-state index in [0.717, 1.165) is 0 Å². The molecular weight excluding hydrogens is 526 g/mol. The number of likely N-dealkylation sites (N-methyl/N-ethyl adjacent to an activating group) is 1. The summed E-state index contributed by atoms with van der Waals surface area (Å²) in [5.41, 5.74) is 15.8. The van der Waals surface area contributed by atoms with E-state index in [4.69, 9.17) is 36.1 Å². The Hall–Kier alpha value is -1.13. The zero-order chi connectivity index (χ0) is 29.2. The SMILES string of the molecule is CN[C@@H]1[C@@H](O)[C@H](O[C@H]2[C@H](O)[C@@H](O[C@@H]3O[C@@H](CN)[C@H](O)[C@@H](O)[C@@H]3O)[C@H](N)C[C@@H]2NC(=O)[C@H](O)CN)OC[C@]1(C)O. The number of ether oxygens (including phenoxy) is 4. The molecule has 0 unspecified atom stereocenters. The molecule has 1 saturated carbocycles. The van der Waals surface area contributed by atoms with Gasteiger partial charge < -0.3 is 82.5 Å². The van der Waals surface area contributed by atoms with E-state index in [1.165, 1.54) is 14.0 Å². The Kier molecular flexibility index (Phi) is 11.0. The molecule has 0 radical (unpaired) electrons. The maximum atomic E-state index is 12.4. The molecule has 228 valence electrons. The summed E-state index contributed by atoms with van der Waals surface area (Å²) in [6.45, 7) is 0.634. The number of hydrogen-bond acceptors (Lipinski definition) is 16. The van der Waals surface area contributed by atoms with E-state index >= 15 is 0 Å². The van der Waals surface area contributed by atoms with Gasteiger partial charge in [-0.05, 0) is 20.4 Å². The van der Waals surface area contributed by atoms with Crippen LogP contribution in [0.25, 0.3) is 0 Å². The highest BCUT2D eigenvalue weighted by molar-refractivity contribution is 5.81. The van der Waals surface area contributed by atoms with Crippen LogP contribution >= 0.6 is 0 Å². The first kappa shape index (κ1) is 32.4. The van der Waals surface area contributed by atoms with Crippen molar-refractivity contribution in [1.29, 1.82) is 0 Å². The molecule has 17 nitrogen and oxygen atoms in total. The van der Waals surface area contributed by atoms with Crippen LogP contribution in [0.2, 0.25) is 0 Å². The van der Waals surface area contributed by atoms with Crippen LogP contribution in [0.15, 0.2) is 0 Å². The van der Waals surface area contributed by atoms with Gasteiger partial charge in [0, 0.05) is 19.1 Å². The predicted octanol–water partition coefficient (Wildman–Crippen LogP) is -7.52. The predicted molar refractivity (Wildman–Crippen MR) is 130 cm³/mol. The van der Waals surface area contributed by atoms with Gasteiger partial charge in [-0.1, -0.05) is 0 Å². The van der Waals surface area contributed by atoms with Gasteiger partial charge in [0.2, 0.25) is 5.91 Å². The zero-order valence-corrected chi connectivity index (χ0v) is 21.8. The summed E-state index contributed by atoms with van der Waals surface area (Å²) in [5, 5.41) is 78.5. The van der Waals surface area contributed by atoms with Crippen LogP contribution in [0.3, 0.4) is 0 Å². The highest BCUT2D eigenvalue weighted by Crippen LogP contribution is 2.32. The number of nitrogens with two attached hydrogens (primary N) is 3. The van der Waals surface area contributed by atoms with E-state index in [1.54, 1.807) is 0 Å². The molecule has 3 rings (SSSR count). The quantitative estimate of drug-likeness (QED) is 0.123. The van der Waals surface area contributed by atoms with Crippen LogP contribution in [0.4, 0.5) is 0 Å². The van der Waals surface area contributed by atoms with Crippen molar-refractivity contribution in [3.05, 3.63) is 0 Å². The molecule has 3 fully saturated rings. The second-order valence-corrected chi connectivity index (χ2v) is 10.5. The number of amides is 1. The summed E-state index contributed by atoms with van der Waals surface area (Å²) in [7, 11) is 1.52. The Morgan fingerprint density at radius 3 is 2.26 bits per heavy atom. The van der Waals surface area contributed by atoms with Crippen molar-refractivity contribution >= 4 is 5.91 Å². The summed E-state index contributed by atoms with van der Waals surface area (Å²) >= 11 is 0. The fourth-order valence-corrected chi connectivity index (χ4v) is 5.22. The summed E-state index contributed by atoms with van der Waals surface area (Å²) in [6, 6.07) is -2.92. The molecule has 1 aliphatic carbocycles. The van der Waals surface area contributed by atoms with E-state index in [2.05, 4.69) is 10.6 Å². The molecule has 2 heterocycles. The molecule has 2 saturated heterocycles. The summed E-state index contributed by atoms with van der Waals surface area (Å²) in [4.78, 5) is 12.4. The van der Waals surface area contributed by atoms with E-state index in [0.29, 0.717) is 0 Å². The fourth-order valence-electron chi connectivity index (χ4n) is 5.22. The van der Waals surface area contributed by atoms with Gasteiger partial charge in [-0.2, -0.15) is 0 Å². The average Bonchev–Trinajstić information content (AvgIpc) is 2.89. The molecule has 0 aromatic rings. The maximum absolute atomic E-state index is 12.4. The fraction of sp³-hybridized carbons (Fsp3) is 0.955. The third-order valence-corrected chi connectivity index (χ3v) is 7.50. The number of hydrogen-bond donors (Lipinski definition) is 12. The normalized spacial score (nSPS) is 47.9. The van der Waals surface area contributed by atoms with Gasteiger partial charge >= 0.3 is 0 Å². The van der Waals surface area contributed by atoms with Crippen molar-refractivity contribution in [3.63, 3.8) is 0 Å². The Bertz CT molecular complexity index is 811. The van der Waals surface area contributed by atoms with Gasteiger partial charge in [-0.25, -0.2) is 0 Å². The van der Waals surface area contributed by atoms with Gasteiger partial charge in [0.05, 0.1) is 18.7 Å². The van der Waals surface area contributed by atoms with Crippen molar-refractivity contribution in [2.75, 3.05) is 26.7 Å². The minimum Gasteiger partial charge on any atom is -0.388 e. The number of carbonyl (C=O) groups excluding carboxylic acids is 1. The van der Waals surface area contributed by atoms with E-state index in [9.17, 15) is 40.5 Å². The van der Waals surface area contributed by atoms with Crippen LogP contribution < -0.4 is 27.8 Å². The molecule has 2 aliphatic heterocycles. The second-order valence-electron chi connectivity index (χ2n) is 10.5. The molecule has 17 heteroatoms. The number of aliphatic hydroxyl groups excluding tert-OH is 6. The monoisotopic (exact) mass is 569 g/mol. The van der Waals surface area contributed by atoms with Gasteiger partial charge in [-0.3, -0.25) is 4.79 Å². The first-order valence-electron chi connectivity index (χ1n) is 12.8. The number of nitrogens with one attached hydrogen (secondary N) is 2. The molecular formula is C22H43N5O12. The summed E-state index contributed by atoms with van der Waals surface area (Å²) in [6.07, 6.45) is -16.3. The lowest BCUT2D eigenvalue weighted by atomic mass is 9.83. The summed E-state index contributed by atoms with van der Waals surface area (Å²) < 4.78 is 22.7. The highest BCUT2D eigenvalue weighted by Gasteiger charge is 2.53. The Balaban J connectivity index is 1.84. The number of carbonyl (C=O) groups is 1. The average molecular weight is 570 g/mol. The molecule has 39 heavy (non-hydrogen) atoms. The maximum Gasteiger partial charge on any atom is 0.250 e. The Morgan fingerprint density at radius 1 is 1.03 bits per heavy atom. The van der Waals surface area contributed by atoms with E-state index in [-0.39, 0.29) is 26.1 Å². The standard InChI is InChI=1S/C22H43N5O12/c1-22(35)6-36-20(15(33)18(22)26-2)39-17-8(27-19(34)9(28)4-23)3-7(25)16(14(17)32)38-21-13(31)12(30)11(29)10(5-24)37-21/h7-18,20-21,26,28-33,35H,3-6,23-25H2,1-2H3,(H,27,34)/t7-,8+,9-,10+,11+,12-,13+,14-,15-,16+,17-,18-,20+,21+,22+/m1/s1. The molecule has 15 N–H and O–H groups in total. The lowest BCUT2D eigenvalue weighted by Crippen LogP contribution is -2.70. The van der Waals surface area contributed by atoms with Crippen LogP contribution in [0.1, 0.15) is 13.3 Å². The van der Waals surface area contributed by atoms with Crippen LogP contribution in [-0.4, -0.2) is 160 Å². The molecule has 0 aromatic heterocycles. The largest absolute Gasteiger partial charge is 0.388 e. The van der Waals surface area contributed by atoms with Gasteiger partial charge in [0.15, 0.2) is 12.6 Å². The minimum atomic E-state index is -1.72. The van der Waals surface area contributed by atoms with E-state index in [1.807, 2.05) is 0 Å². The lowest BCUT2D eigenvalue weighted by molar-refractivity contribution is -0.330. The second kappa shape index (κ2) is 13.2. The topological polar surface area (TPSA) is 298 Å². The number of aliphatic hydroxyl groups is 7. The molecule has 15 atom stereocenters. The molecule has 1 amide bonds. The smallest absolute Gasteiger partial charge is 0.250 e. The van der Waals surface area contributed by atoms with Gasteiger partial charge in [-0.15, -0.1) is 0 Å². The van der Waals surface area contributed by atoms with Crippen LogP contribution in [0, 0.1) is 0 Å². The lowest BCUT2D eigenvalue weighted by Gasteiger charge is -2.49. The molecule has 0 bridgehead atoms. The van der Waals surface area contributed by atoms with Crippen molar-refractivity contribution in [1.82, 2.24) is 10.6 Å².